The van der Waals surface area contributed by atoms with Gasteiger partial charge in [-0.25, -0.2) is 0 Å². The van der Waals surface area contributed by atoms with Gasteiger partial charge in [-0.3, -0.25) is 9.69 Å². The Morgan fingerprint density at radius 1 is 1.28 bits per heavy atom. The lowest BCUT2D eigenvalue weighted by molar-refractivity contribution is -0.133. The van der Waals surface area contributed by atoms with E-state index in [1.54, 1.807) is 0 Å². The third-order valence-corrected chi connectivity index (χ3v) is 4.02. The molecule has 0 aromatic rings. The van der Waals surface area contributed by atoms with Gasteiger partial charge in [0.1, 0.15) is 0 Å². The van der Waals surface area contributed by atoms with Gasteiger partial charge < -0.3 is 15.4 Å². The lowest BCUT2D eigenvalue weighted by atomic mass is 9.99. The highest BCUT2D eigenvalue weighted by molar-refractivity contribution is 5.85. The van der Waals surface area contributed by atoms with Gasteiger partial charge >= 0.3 is 0 Å². The Balaban J connectivity index is 1.88. The number of amides is 1. The molecule has 5 nitrogen and oxygen atoms in total. The van der Waals surface area contributed by atoms with Gasteiger partial charge in [0.15, 0.2) is 0 Å². The van der Waals surface area contributed by atoms with E-state index in [-0.39, 0.29) is 11.9 Å². The number of hydrogen-bond donors (Lipinski definition) is 2. The maximum absolute atomic E-state index is 12.4. The van der Waals surface area contributed by atoms with Crippen molar-refractivity contribution in [2.24, 2.45) is 0 Å². The Kier molecular flexibility index (Phi) is 4.59. The van der Waals surface area contributed by atoms with E-state index in [0.29, 0.717) is 0 Å². The lowest BCUT2D eigenvalue weighted by Crippen LogP contribution is -2.61. The first kappa shape index (κ1) is 13.8. The molecule has 104 valence electrons. The average Bonchev–Trinajstić information content (AvgIpc) is 2.41. The molecule has 0 saturated carbocycles. The molecule has 2 N–H and O–H groups in total. The molecular formula is C13H25N3O2. The van der Waals surface area contributed by atoms with Crippen molar-refractivity contribution in [3.05, 3.63) is 0 Å². The molecule has 5 heteroatoms. The summed E-state index contributed by atoms with van der Waals surface area (Å²) in [6.45, 7) is 9.38. The summed E-state index contributed by atoms with van der Waals surface area (Å²) in [6, 6.07) is 0.286. The number of nitrogens with zero attached hydrogens (tertiary/aromatic N) is 1. The van der Waals surface area contributed by atoms with Crippen molar-refractivity contribution < 1.29 is 9.53 Å². The van der Waals surface area contributed by atoms with Crippen molar-refractivity contribution >= 4 is 5.91 Å². The van der Waals surface area contributed by atoms with Crippen LogP contribution in [0, 0.1) is 0 Å². The quantitative estimate of drug-likeness (QED) is 0.743. The second-order valence-corrected chi connectivity index (χ2v) is 5.66. The van der Waals surface area contributed by atoms with Gasteiger partial charge in [-0.2, -0.15) is 0 Å². The number of ether oxygens (including phenoxy) is 1. The highest BCUT2D eigenvalue weighted by atomic mass is 16.5. The molecule has 0 unspecified atom stereocenters. The highest BCUT2D eigenvalue weighted by Gasteiger charge is 2.36. The van der Waals surface area contributed by atoms with E-state index in [1.165, 1.54) is 0 Å². The molecule has 2 aliphatic heterocycles. The van der Waals surface area contributed by atoms with Crippen molar-refractivity contribution in [2.75, 3.05) is 39.4 Å². The van der Waals surface area contributed by atoms with E-state index < -0.39 is 5.54 Å². The van der Waals surface area contributed by atoms with Gasteiger partial charge in [-0.15, -0.1) is 0 Å². The van der Waals surface area contributed by atoms with Crippen LogP contribution in [-0.4, -0.2) is 61.8 Å². The summed E-state index contributed by atoms with van der Waals surface area (Å²) in [7, 11) is 0. The van der Waals surface area contributed by atoms with Crippen LogP contribution in [0.3, 0.4) is 0 Å². The fourth-order valence-corrected chi connectivity index (χ4v) is 2.57. The van der Waals surface area contributed by atoms with Crippen LogP contribution in [0.1, 0.15) is 26.7 Å². The summed E-state index contributed by atoms with van der Waals surface area (Å²) in [5.41, 5.74) is -0.416. The van der Waals surface area contributed by atoms with Crippen LogP contribution in [0.2, 0.25) is 0 Å². The van der Waals surface area contributed by atoms with Crippen molar-refractivity contribution in [2.45, 2.75) is 38.3 Å². The maximum atomic E-state index is 12.4. The van der Waals surface area contributed by atoms with E-state index >= 15 is 0 Å². The van der Waals surface area contributed by atoms with Crippen LogP contribution in [0.25, 0.3) is 0 Å². The topological polar surface area (TPSA) is 53.6 Å². The first-order valence-electron chi connectivity index (χ1n) is 6.95. The zero-order chi connectivity index (χ0) is 13.0. The molecule has 2 saturated heterocycles. The predicted octanol–water partition coefficient (Wildman–Crippen LogP) is -0.0346. The molecule has 0 atom stereocenters. The molecule has 2 fully saturated rings. The van der Waals surface area contributed by atoms with Gasteiger partial charge in [0.2, 0.25) is 5.91 Å². The summed E-state index contributed by atoms with van der Waals surface area (Å²) >= 11 is 0. The van der Waals surface area contributed by atoms with Crippen molar-refractivity contribution in [1.82, 2.24) is 15.5 Å². The van der Waals surface area contributed by atoms with E-state index in [0.717, 1.165) is 52.2 Å². The van der Waals surface area contributed by atoms with Crippen molar-refractivity contribution in [1.29, 1.82) is 0 Å². The van der Waals surface area contributed by atoms with Gasteiger partial charge in [-0.05, 0) is 26.7 Å². The molecule has 0 aromatic heterocycles. The number of hydrogen-bond acceptors (Lipinski definition) is 4. The molecule has 18 heavy (non-hydrogen) atoms. The van der Waals surface area contributed by atoms with E-state index in [1.807, 2.05) is 13.8 Å². The van der Waals surface area contributed by atoms with Gasteiger partial charge in [0.05, 0.1) is 5.54 Å². The molecule has 0 bridgehead atoms. The number of piperazine rings is 1. The van der Waals surface area contributed by atoms with Crippen LogP contribution in [0.4, 0.5) is 0 Å². The molecule has 0 radical (unpaired) electrons. The molecule has 0 spiro atoms. The summed E-state index contributed by atoms with van der Waals surface area (Å²) < 4.78 is 5.31. The summed E-state index contributed by atoms with van der Waals surface area (Å²) in [4.78, 5) is 14.7. The Morgan fingerprint density at radius 3 is 2.50 bits per heavy atom. The largest absolute Gasteiger partial charge is 0.381 e. The minimum absolute atomic E-state index is 0.149. The molecular weight excluding hydrogens is 230 g/mol. The zero-order valence-electron chi connectivity index (χ0n) is 11.5. The maximum Gasteiger partial charge on any atom is 0.240 e. The van der Waals surface area contributed by atoms with Crippen molar-refractivity contribution in [3.63, 3.8) is 0 Å². The minimum atomic E-state index is -0.416. The smallest absolute Gasteiger partial charge is 0.240 e. The zero-order valence-corrected chi connectivity index (χ0v) is 11.5. The molecule has 0 aliphatic carbocycles. The normalized spacial score (nSPS) is 23.9. The van der Waals surface area contributed by atoms with Gasteiger partial charge in [-0.1, -0.05) is 0 Å². The van der Waals surface area contributed by atoms with E-state index in [4.69, 9.17) is 4.74 Å². The Bertz CT molecular complexity index is 282. The average molecular weight is 255 g/mol. The van der Waals surface area contributed by atoms with Crippen LogP contribution in [0.15, 0.2) is 0 Å². The summed E-state index contributed by atoms with van der Waals surface area (Å²) in [5, 5.41) is 6.49. The van der Waals surface area contributed by atoms with Crippen LogP contribution in [-0.2, 0) is 9.53 Å². The van der Waals surface area contributed by atoms with Crippen LogP contribution >= 0.6 is 0 Å². The second kappa shape index (κ2) is 5.99. The van der Waals surface area contributed by atoms with E-state index in [2.05, 4.69) is 15.5 Å². The highest BCUT2D eigenvalue weighted by Crippen LogP contribution is 2.17. The number of carbonyl (C=O) groups is 1. The second-order valence-electron chi connectivity index (χ2n) is 5.66. The molecule has 2 heterocycles. The van der Waals surface area contributed by atoms with Gasteiger partial charge in [0.25, 0.3) is 0 Å². The number of rotatable bonds is 3. The molecule has 1 amide bonds. The number of nitrogens with one attached hydrogen (secondary N) is 2. The minimum Gasteiger partial charge on any atom is -0.381 e. The molecule has 2 rings (SSSR count). The van der Waals surface area contributed by atoms with E-state index in [9.17, 15) is 4.79 Å². The fourth-order valence-electron chi connectivity index (χ4n) is 2.57. The first-order chi connectivity index (χ1) is 8.60. The predicted molar refractivity (Wildman–Crippen MR) is 70.5 cm³/mol. The molecule has 0 aromatic carbocycles. The Labute approximate surface area is 109 Å². The SMILES string of the molecule is CC(C)(C(=O)NC1CCOCC1)N1CCNCC1. The lowest BCUT2D eigenvalue weighted by Gasteiger charge is -2.40. The number of carbonyl (C=O) groups excluding carboxylic acids is 1. The Morgan fingerprint density at radius 2 is 1.89 bits per heavy atom. The van der Waals surface area contributed by atoms with Gasteiger partial charge in [0, 0.05) is 45.4 Å². The molecule has 2 aliphatic rings. The first-order valence-corrected chi connectivity index (χ1v) is 6.95. The fraction of sp³-hybridized carbons (Fsp3) is 0.923. The Hall–Kier alpha value is -0.650. The summed E-state index contributed by atoms with van der Waals surface area (Å²) in [5.74, 6) is 0.149. The van der Waals surface area contributed by atoms with Crippen molar-refractivity contribution in [3.8, 4) is 0 Å². The third kappa shape index (κ3) is 3.22. The monoisotopic (exact) mass is 255 g/mol. The third-order valence-electron chi connectivity index (χ3n) is 4.02. The standard InChI is InChI=1S/C13H25N3O2/c1-13(2,16-7-5-14-6-8-16)12(17)15-11-3-9-18-10-4-11/h11,14H,3-10H2,1-2H3,(H,15,17). The van der Waals surface area contributed by atoms with Crippen LogP contribution in [0.5, 0.6) is 0 Å². The van der Waals surface area contributed by atoms with Crippen LogP contribution < -0.4 is 10.6 Å². The summed E-state index contributed by atoms with van der Waals surface area (Å²) in [6.07, 6.45) is 1.87.